The van der Waals surface area contributed by atoms with Crippen molar-refractivity contribution in [3.63, 3.8) is 0 Å². The van der Waals surface area contributed by atoms with Gasteiger partial charge in [0.05, 0.1) is 5.69 Å². The minimum absolute atomic E-state index is 0.224. The highest BCUT2D eigenvalue weighted by molar-refractivity contribution is 5.89. The molecule has 120 valence electrons. The molecule has 2 aromatic carbocycles. The summed E-state index contributed by atoms with van der Waals surface area (Å²) in [6, 6.07) is 16.3. The van der Waals surface area contributed by atoms with E-state index in [-0.39, 0.29) is 11.7 Å². The van der Waals surface area contributed by atoms with Crippen LogP contribution in [0.25, 0.3) is 0 Å². The molecular formula is C19H21FN2O. The number of carbonyl (C=O) groups is 1. The minimum atomic E-state index is -0.407. The maximum atomic E-state index is 13.7. The summed E-state index contributed by atoms with van der Waals surface area (Å²) in [7, 11) is 0. The van der Waals surface area contributed by atoms with Crippen LogP contribution in [0.3, 0.4) is 0 Å². The number of carbonyl (C=O) groups excluding carboxylic acids is 1. The fraction of sp³-hybridized carbons (Fsp3) is 0.316. The van der Waals surface area contributed by atoms with Crippen molar-refractivity contribution < 1.29 is 9.18 Å². The molecule has 2 amide bonds. The van der Waals surface area contributed by atoms with Gasteiger partial charge in [-0.3, -0.25) is 0 Å². The lowest BCUT2D eigenvalue weighted by molar-refractivity contribution is 0.211. The third kappa shape index (κ3) is 3.89. The molecule has 3 nitrogen and oxygen atoms in total. The maximum absolute atomic E-state index is 13.7. The lowest BCUT2D eigenvalue weighted by Crippen LogP contribution is -2.37. The number of nitrogens with zero attached hydrogens (tertiary/aromatic N) is 1. The number of rotatable bonds is 2. The predicted octanol–water partition coefficient (Wildman–Crippen LogP) is 4.63. The van der Waals surface area contributed by atoms with E-state index in [0.29, 0.717) is 19.0 Å². The summed E-state index contributed by atoms with van der Waals surface area (Å²) in [6.45, 7) is 1.38. The van der Waals surface area contributed by atoms with Gasteiger partial charge in [-0.2, -0.15) is 0 Å². The van der Waals surface area contributed by atoms with Crippen LogP contribution in [0.1, 0.15) is 30.7 Å². The SMILES string of the molecule is O=C(Nc1ccccc1F)N1CCCCC(c2ccccc2)C1. The second-order valence-electron chi connectivity index (χ2n) is 5.96. The topological polar surface area (TPSA) is 32.3 Å². The zero-order chi connectivity index (χ0) is 16.1. The molecule has 0 saturated carbocycles. The lowest BCUT2D eigenvalue weighted by Gasteiger charge is -2.25. The maximum Gasteiger partial charge on any atom is 0.321 e. The van der Waals surface area contributed by atoms with E-state index < -0.39 is 5.82 Å². The summed E-state index contributed by atoms with van der Waals surface area (Å²) < 4.78 is 13.7. The Kier molecular flexibility index (Phi) is 4.91. The molecule has 0 spiro atoms. The van der Waals surface area contributed by atoms with Crippen LogP contribution in [0.2, 0.25) is 0 Å². The molecule has 1 aliphatic heterocycles. The molecule has 0 radical (unpaired) electrons. The van der Waals surface area contributed by atoms with Gasteiger partial charge in [0, 0.05) is 19.0 Å². The van der Waals surface area contributed by atoms with E-state index in [1.807, 2.05) is 18.2 Å². The van der Waals surface area contributed by atoms with Crippen LogP contribution in [0.5, 0.6) is 0 Å². The largest absolute Gasteiger partial charge is 0.324 e. The van der Waals surface area contributed by atoms with Gasteiger partial charge in [-0.25, -0.2) is 9.18 Å². The smallest absolute Gasteiger partial charge is 0.321 e. The van der Waals surface area contributed by atoms with Crippen LogP contribution in [0.15, 0.2) is 54.6 Å². The van der Waals surface area contributed by atoms with Gasteiger partial charge in [0.2, 0.25) is 0 Å². The number of likely N-dealkylation sites (tertiary alicyclic amines) is 1. The molecule has 1 atom stereocenters. The number of nitrogens with one attached hydrogen (secondary N) is 1. The number of anilines is 1. The second kappa shape index (κ2) is 7.27. The molecule has 1 heterocycles. The number of urea groups is 1. The Morgan fingerprint density at radius 3 is 2.57 bits per heavy atom. The summed E-state index contributed by atoms with van der Waals surface area (Å²) in [5.41, 5.74) is 1.50. The Morgan fingerprint density at radius 2 is 1.78 bits per heavy atom. The molecule has 0 aromatic heterocycles. The Balaban J connectivity index is 1.71. The summed E-state index contributed by atoms with van der Waals surface area (Å²) in [5, 5.41) is 2.69. The zero-order valence-corrected chi connectivity index (χ0v) is 13.0. The zero-order valence-electron chi connectivity index (χ0n) is 13.0. The number of amides is 2. The van der Waals surface area contributed by atoms with Gasteiger partial charge in [-0.05, 0) is 30.5 Å². The molecule has 1 unspecified atom stereocenters. The van der Waals surface area contributed by atoms with Crippen molar-refractivity contribution in [1.82, 2.24) is 4.90 Å². The normalized spacial score (nSPS) is 18.3. The number of benzene rings is 2. The molecule has 1 saturated heterocycles. The minimum Gasteiger partial charge on any atom is -0.324 e. The summed E-state index contributed by atoms with van der Waals surface area (Å²) in [6.07, 6.45) is 3.16. The molecule has 3 rings (SSSR count). The number of para-hydroxylation sites is 1. The highest BCUT2D eigenvalue weighted by Gasteiger charge is 2.23. The van der Waals surface area contributed by atoms with E-state index in [9.17, 15) is 9.18 Å². The second-order valence-corrected chi connectivity index (χ2v) is 5.96. The highest BCUT2D eigenvalue weighted by atomic mass is 19.1. The molecule has 1 fully saturated rings. The van der Waals surface area contributed by atoms with Crippen LogP contribution in [-0.2, 0) is 0 Å². The van der Waals surface area contributed by atoms with E-state index in [2.05, 4.69) is 17.4 Å². The van der Waals surface area contributed by atoms with Gasteiger partial charge in [0.25, 0.3) is 0 Å². The third-order valence-corrected chi connectivity index (χ3v) is 4.35. The summed E-state index contributed by atoms with van der Waals surface area (Å²) in [5.74, 6) is -0.0691. The highest BCUT2D eigenvalue weighted by Crippen LogP contribution is 2.26. The van der Waals surface area contributed by atoms with Gasteiger partial charge in [-0.1, -0.05) is 48.9 Å². The monoisotopic (exact) mass is 312 g/mol. The Morgan fingerprint density at radius 1 is 1.04 bits per heavy atom. The van der Waals surface area contributed by atoms with Gasteiger partial charge in [-0.15, -0.1) is 0 Å². The fourth-order valence-electron chi connectivity index (χ4n) is 3.08. The average Bonchev–Trinajstić information content (AvgIpc) is 2.84. The first-order valence-corrected chi connectivity index (χ1v) is 8.09. The van der Waals surface area contributed by atoms with Crippen LogP contribution in [-0.4, -0.2) is 24.0 Å². The first-order valence-electron chi connectivity index (χ1n) is 8.09. The molecule has 23 heavy (non-hydrogen) atoms. The standard InChI is InChI=1S/C19H21FN2O/c20-17-11-4-5-12-18(17)21-19(23)22-13-7-6-10-16(14-22)15-8-2-1-3-9-15/h1-5,8-9,11-12,16H,6-7,10,13-14H2,(H,21,23). The molecule has 0 bridgehead atoms. The van der Waals surface area contributed by atoms with Crippen molar-refractivity contribution in [3.05, 3.63) is 66.0 Å². The predicted molar refractivity (Wildman–Crippen MR) is 90.0 cm³/mol. The van der Waals surface area contributed by atoms with Crippen LogP contribution < -0.4 is 5.32 Å². The van der Waals surface area contributed by atoms with E-state index in [1.165, 1.54) is 11.6 Å². The summed E-state index contributed by atoms with van der Waals surface area (Å²) in [4.78, 5) is 14.3. The third-order valence-electron chi connectivity index (χ3n) is 4.35. The number of hydrogen-bond acceptors (Lipinski definition) is 1. The van der Waals surface area contributed by atoms with Crippen molar-refractivity contribution in [3.8, 4) is 0 Å². The average molecular weight is 312 g/mol. The van der Waals surface area contributed by atoms with Crippen LogP contribution >= 0.6 is 0 Å². The van der Waals surface area contributed by atoms with E-state index in [0.717, 1.165) is 19.3 Å². The van der Waals surface area contributed by atoms with Crippen LogP contribution in [0.4, 0.5) is 14.9 Å². The first-order chi connectivity index (χ1) is 11.2. The molecule has 4 heteroatoms. The van der Waals surface area contributed by atoms with Gasteiger partial charge < -0.3 is 10.2 Å². The van der Waals surface area contributed by atoms with E-state index in [4.69, 9.17) is 0 Å². The first kappa shape index (κ1) is 15.5. The molecule has 0 aliphatic carbocycles. The Bertz CT molecular complexity index is 659. The fourth-order valence-corrected chi connectivity index (χ4v) is 3.08. The Labute approximate surface area is 136 Å². The van der Waals surface area contributed by atoms with Gasteiger partial charge >= 0.3 is 6.03 Å². The van der Waals surface area contributed by atoms with Crippen molar-refractivity contribution in [2.45, 2.75) is 25.2 Å². The van der Waals surface area contributed by atoms with Gasteiger partial charge in [0.15, 0.2) is 0 Å². The summed E-state index contributed by atoms with van der Waals surface area (Å²) >= 11 is 0. The van der Waals surface area contributed by atoms with Crippen LogP contribution in [0, 0.1) is 5.82 Å². The molecule has 1 N–H and O–H groups in total. The number of halogens is 1. The molecule has 2 aromatic rings. The van der Waals surface area contributed by atoms with Crippen molar-refractivity contribution in [2.24, 2.45) is 0 Å². The Hall–Kier alpha value is -2.36. The molecule has 1 aliphatic rings. The van der Waals surface area contributed by atoms with Crippen molar-refractivity contribution >= 4 is 11.7 Å². The van der Waals surface area contributed by atoms with E-state index in [1.54, 1.807) is 23.1 Å². The van der Waals surface area contributed by atoms with Gasteiger partial charge in [0.1, 0.15) is 5.82 Å². The number of hydrogen-bond donors (Lipinski definition) is 1. The molecular weight excluding hydrogens is 291 g/mol. The lowest BCUT2D eigenvalue weighted by atomic mass is 9.94. The van der Waals surface area contributed by atoms with Crippen molar-refractivity contribution in [2.75, 3.05) is 18.4 Å². The van der Waals surface area contributed by atoms with Crippen molar-refractivity contribution in [1.29, 1.82) is 0 Å². The van der Waals surface area contributed by atoms with E-state index >= 15 is 0 Å². The quantitative estimate of drug-likeness (QED) is 0.861.